The van der Waals surface area contributed by atoms with Crippen LogP contribution in [0.4, 0.5) is 0 Å². The molecule has 0 spiro atoms. The van der Waals surface area contributed by atoms with Crippen LogP contribution in [-0.4, -0.2) is 41.9 Å². The number of likely N-dealkylation sites (tertiary alicyclic amines) is 1. The summed E-state index contributed by atoms with van der Waals surface area (Å²) in [6.45, 7) is 14.0. The lowest BCUT2D eigenvalue weighted by Crippen LogP contribution is -2.42. The molecule has 0 aromatic carbocycles. The van der Waals surface area contributed by atoms with Crippen molar-refractivity contribution in [3.05, 3.63) is 0 Å². The van der Waals surface area contributed by atoms with Gasteiger partial charge in [-0.05, 0) is 51.9 Å². The molecule has 1 aliphatic heterocycles. The third-order valence-corrected chi connectivity index (χ3v) is 4.28. The Kier molecular flexibility index (Phi) is 7.25. The number of piperidine rings is 1. The molecule has 1 aliphatic rings. The Morgan fingerprint density at radius 3 is 2.09 bits per heavy atom. The summed E-state index contributed by atoms with van der Waals surface area (Å²) in [5.41, 5.74) is 0.000119. The average molecular weight is 325 g/mol. The van der Waals surface area contributed by atoms with Crippen LogP contribution < -0.4 is 0 Å². The van der Waals surface area contributed by atoms with Crippen LogP contribution in [0, 0.1) is 11.3 Å². The van der Waals surface area contributed by atoms with E-state index < -0.39 is 0 Å². The average Bonchev–Trinajstić information content (AvgIpc) is 2.42. The molecule has 1 heterocycles. The monoisotopic (exact) mass is 325 g/mol. The van der Waals surface area contributed by atoms with Gasteiger partial charge >= 0.3 is 0 Å². The van der Waals surface area contributed by atoms with E-state index in [0.717, 1.165) is 25.7 Å². The first kappa shape index (κ1) is 20.1. The van der Waals surface area contributed by atoms with Crippen LogP contribution in [-0.2, 0) is 14.3 Å². The van der Waals surface area contributed by atoms with E-state index in [1.54, 1.807) is 0 Å². The van der Waals surface area contributed by atoms with Gasteiger partial charge in [0, 0.05) is 25.4 Å². The van der Waals surface area contributed by atoms with Crippen molar-refractivity contribution in [3.8, 4) is 0 Å². The van der Waals surface area contributed by atoms with Gasteiger partial charge in [0.25, 0.3) is 0 Å². The lowest BCUT2D eigenvalue weighted by molar-refractivity contribution is -0.143. The summed E-state index contributed by atoms with van der Waals surface area (Å²) in [5.74, 6) is 0.563. The molecule has 0 atom stereocenters. The largest absolute Gasteiger partial charge is 0.366 e. The van der Waals surface area contributed by atoms with Gasteiger partial charge < -0.3 is 9.64 Å². The first-order valence-corrected chi connectivity index (χ1v) is 8.92. The summed E-state index contributed by atoms with van der Waals surface area (Å²) in [6.07, 6.45) is 4.34. The topological polar surface area (TPSA) is 46.6 Å². The van der Waals surface area contributed by atoms with Gasteiger partial charge in [-0.25, -0.2) is 0 Å². The number of hydrogen-bond donors (Lipinski definition) is 0. The van der Waals surface area contributed by atoms with Gasteiger partial charge in [-0.3, -0.25) is 9.59 Å². The number of carbonyl (C=O) groups is 2. The highest BCUT2D eigenvalue weighted by molar-refractivity contribution is 5.82. The zero-order valence-corrected chi connectivity index (χ0v) is 15.9. The maximum atomic E-state index is 12.3. The predicted octanol–water partition coefficient (Wildman–Crippen LogP) is 3.83. The zero-order chi connectivity index (χ0) is 17.7. The molecule has 0 N–H and O–H groups in total. The summed E-state index contributed by atoms with van der Waals surface area (Å²) in [6, 6.07) is 0. The summed E-state index contributed by atoms with van der Waals surface area (Å²) < 4.78 is 5.55. The first-order valence-electron chi connectivity index (χ1n) is 8.92. The lowest BCUT2D eigenvalue weighted by atomic mass is 9.86. The van der Waals surface area contributed by atoms with Crippen LogP contribution in [0.5, 0.6) is 0 Å². The Balaban J connectivity index is 2.29. The van der Waals surface area contributed by atoms with E-state index in [4.69, 9.17) is 4.74 Å². The molecule has 23 heavy (non-hydrogen) atoms. The third kappa shape index (κ3) is 8.50. The van der Waals surface area contributed by atoms with Gasteiger partial charge in [0.15, 0.2) is 0 Å². The summed E-state index contributed by atoms with van der Waals surface area (Å²) >= 11 is 0. The van der Waals surface area contributed by atoms with E-state index in [0.29, 0.717) is 30.7 Å². The van der Waals surface area contributed by atoms with Gasteiger partial charge in [0.2, 0.25) is 5.91 Å². The minimum Gasteiger partial charge on any atom is -0.366 e. The second-order valence-electron chi connectivity index (χ2n) is 8.94. The van der Waals surface area contributed by atoms with E-state index in [2.05, 4.69) is 20.8 Å². The highest BCUT2D eigenvalue weighted by atomic mass is 16.5. The van der Waals surface area contributed by atoms with Crippen LogP contribution in [0.3, 0.4) is 0 Å². The molecule has 1 saturated heterocycles. The normalized spacial score (nSPS) is 17.4. The van der Waals surface area contributed by atoms with Crippen LogP contribution in [0.2, 0.25) is 0 Å². The standard InChI is InChI=1S/C19H35NO3/c1-18(2,3)11-7-8-16(21)15-9-12-20(13-10-15)17(22)14-23-19(4,5)6/h15H,7-14H2,1-6H3. The van der Waals surface area contributed by atoms with Crippen LogP contribution in [0.1, 0.15) is 73.6 Å². The van der Waals surface area contributed by atoms with Crippen LogP contribution in [0.15, 0.2) is 0 Å². The van der Waals surface area contributed by atoms with Gasteiger partial charge in [0.05, 0.1) is 5.60 Å². The fraction of sp³-hybridized carbons (Fsp3) is 0.895. The fourth-order valence-corrected chi connectivity index (χ4v) is 2.82. The quantitative estimate of drug-likeness (QED) is 0.745. The van der Waals surface area contributed by atoms with Crippen molar-refractivity contribution in [2.45, 2.75) is 79.2 Å². The number of ketones is 1. The molecule has 0 bridgehead atoms. The van der Waals surface area contributed by atoms with E-state index in [-0.39, 0.29) is 24.0 Å². The first-order chi connectivity index (χ1) is 10.5. The molecule has 1 fully saturated rings. The van der Waals surface area contributed by atoms with Gasteiger partial charge in [-0.15, -0.1) is 0 Å². The minimum absolute atomic E-state index is 0.0403. The molecule has 0 aromatic heterocycles. The molecule has 1 amide bonds. The van der Waals surface area contributed by atoms with Gasteiger partial charge in [0.1, 0.15) is 12.4 Å². The number of rotatable bonds is 6. The molecule has 0 unspecified atom stereocenters. The SMILES string of the molecule is CC(C)(C)CCCC(=O)C1CCN(C(=O)COC(C)(C)C)CC1. The number of ether oxygens (including phenoxy) is 1. The molecule has 0 aromatic rings. The van der Waals surface area contributed by atoms with E-state index in [1.807, 2.05) is 25.7 Å². The smallest absolute Gasteiger partial charge is 0.248 e. The number of carbonyl (C=O) groups excluding carboxylic acids is 2. The Bertz CT molecular complexity index is 396. The molecular formula is C19H35NO3. The number of hydrogen-bond acceptors (Lipinski definition) is 3. The van der Waals surface area contributed by atoms with Crippen molar-refractivity contribution >= 4 is 11.7 Å². The Hall–Kier alpha value is -0.900. The highest BCUT2D eigenvalue weighted by Crippen LogP contribution is 2.25. The maximum Gasteiger partial charge on any atom is 0.248 e. The summed E-state index contributed by atoms with van der Waals surface area (Å²) in [4.78, 5) is 26.2. The molecule has 4 nitrogen and oxygen atoms in total. The number of Topliss-reactive ketones (excluding diaryl/α,β-unsaturated/α-hetero) is 1. The molecule has 0 aliphatic carbocycles. The van der Waals surface area contributed by atoms with Crippen molar-refractivity contribution in [2.24, 2.45) is 11.3 Å². The minimum atomic E-state index is -0.295. The van der Waals surface area contributed by atoms with Crippen LogP contribution in [0.25, 0.3) is 0 Å². The zero-order valence-electron chi connectivity index (χ0n) is 15.9. The van der Waals surface area contributed by atoms with E-state index in [9.17, 15) is 9.59 Å². The van der Waals surface area contributed by atoms with Crippen LogP contribution >= 0.6 is 0 Å². The molecule has 0 radical (unpaired) electrons. The number of amides is 1. The van der Waals surface area contributed by atoms with Crippen molar-refractivity contribution in [1.29, 1.82) is 0 Å². The third-order valence-electron chi connectivity index (χ3n) is 4.28. The lowest BCUT2D eigenvalue weighted by Gasteiger charge is -2.32. The van der Waals surface area contributed by atoms with Crippen molar-refractivity contribution in [1.82, 2.24) is 4.90 Å². The molecule has 134 valence electrons. The molecule has 4 heteroatoms. The van der Waals surface area contributed by atoms with Gasteiger partial charge in [-0.1, -0.05) is 20.8 Å². The molecule has 0 saturated carbocycles. The predicted molar refractivity (Wildman–Crippen MR) is 93.3 cm³/mol. The Morgan fingerprint density at radius 2 is 1.61 bits per heavy atom. The van der Waals surface area contributed by atoms with E-state index >= 15 is 0 Å². The van der Waals surface area contributed by atoms with Crippen molar-refractivity contribution in [3.63, 3.8) is 0 Å². The second-order valence-corrected chi connectivity index (χ2v) is 8.94. The number of nitrogens with zero attached hydrogens (tertiary/aromatic N) is 1. The Labute approximate surface area is 141 Å². The van der Waals surface area contributed by atoms with Crippen molar-refractivity contribution in [2.75, 3.05) is 19.7 Å². The summed E-state index contributed by atoms with van der Waals surface area (Å²) in [5, 5.41) is 0. The molecule has 1 rings (SSSR count). The molecular weight excluding hydrogens is 290 g/mol. The summed E-state index contributed by atoms with van der Waals surface area (Å²) in [7, 11) is 0. The highest BCUT2D eigenvalue weighted by Gasteiger charge is 2.27. The van der Waals surface area contributed by atoms with E-state index in [1.165, 1.54) is 0 Å². The second kappa shape index (κ2) is 8.27. The van der Waals surface area contributed by atoms with Crippen molar-refractivity contribution < 1.29 is 14.3 Å². The Morgan fingerprint density at radius 1 is 1.04 bits per heavy atom. The fourth-order valence-electron chi connectivity index (χ4n) is 2.82. The maximum absolute atomic E-state index is 12.3. The van der Waals surface area contributed by atoms with Gasteiger partial charge in [-0.2, -0.15) is 0 Å².